The highest BCUT2D eigenvalue weighted by Crippen LogP contribution is 2.25. The summed E-state index contributed by atoms with van der Waals surface area (Å²) in [5.41, 5.74) is 5.85. The van der Waals surface area contributed by atoms with E-state index in [2.05, 4.69) is 36.7 Å². The maximum Gasteiger partial charge on any atom is 0.272 e. The minimum absolute atomic E-state index is 0.229. The standard InChI is InChI=1S/C19H13BrN4OS/c20-14-7-5-12(6-8-14)18-13(9-21-23-18)10-22-24-19(25)16-11-26-17-4-2-1-3-15(16)17/h1-11H,(H,21,23)(H,24,25). The monoisotopic (exact) mass is 424 g/mol. The molecule has 2 heterocycles. The molecule has 4 rings (SSSR count). The minimum Gasteiger partial charge on any atom is -0.277 e. The largest absolute Gasteiger partial charge is 0.277 e. The third-order valence-corrected chi connectivity index (χ3v) is 5.39. The van der Waals surface area contributed by atoms with E-state index >= 15 is 0 Å². The number of amides is 1. The fourth-order valence-electron chi connectivity index (χ4n) is 2.62. The van der Waals surface area contributed by atoms with Gasteiger partial charge in [0.25, 0.3) is 5.91 Å². The number of nitrogens with one attached hydrogen (secondary N) is 2. The minimum atomic E-state index is -0.229. The number of hydrogen-bond donors (Lipinski definition) is 2. The summed E-state index contributed by atoms with van der Waals surface area (Å²) in [5, 5.41) is 13.9. The molecule has 0 spiro atoms. The van der Waals surface area contributed by atoms with Crippen LogP contribution in [0, 0.1) is 0 Å². The number of fused-ring (bicyclic) bond motifs is 1. The number of hydrazone groups is 1. The summed E-state index contributed by atoms with van der Waals surface area (Å²) in [7, 11) is 0. The second-order valence-corrected chi connectivity index (χ2v) is 7.38. The lowest BCUT2D eigenvalue weighted by Crippen LogP contribution is -2.17. The second-order valence-electron chi connectivity index (χ2n) is 5.55. The molecule has 0 atom stereocenters. The molecular formula is C19H13BrN4OS. The van der Waals surface area contributed by atoms with Crippen molar-refractivity contribution in [2.24, 2.45) is 5.10 Å². The number of carbonyl (C=O) groups is 1. The normalized spacial score (nSPS) is 11.3. The summed E-state index contributed by atoms with van der Waals surface area (Å²) in [6.07, 6.45) is 3.26. The van der Waals surface area contributed by atoms with Crippen LogP contribution in [0.25, 0.3) is 21.3 Å². The Morgan fingerprint density at radius 3 is 2.85 bits per heavy atom. The van der Waals surface area contributed by atoms with Crippen LogP contribution in [0.3, 0.4) is 0 Å². The van der Waals surface area contributed by atoms with Crippen molar-refractivity contribution in [1.82, 2.24) is 15.6 Å². The average molecular weight is 425 g/mol. The van der Waals surface area contributed by atoms with E-state index in [1.54, 1.807) is 23.7 Å². The molecule has 0 saturated heterocycles. The number of nitrogens with zero attached hydrogens (tertiary/aromatic N) is 2. The van der Waals surface area contributed by atoms with Crippen LogP contribution in [0.1, 0.15) is 15.9 Å². The Bertz CT molecular complexity index is 1100. The Labute approximate surface area is 161 Å². The summed E-state index contributed by atoms with van der Waals surface area (Å²) in [4.78, 5) is 12.4. The van der Waals surface area contributed by atoms with E-state index in [1.165, 1.54) is 0 Å². The number of aromatic amines is 1. The summed E-state index contributed by atoms with van der Waals surface area (Å²) >= 11 is 4.97. The van der Waals surface area contributed by atoms with Gasteiger partial charge < -0.3 is 0 Å². The van der Waals surface area contributed by atoms with Gasteiger partial charge in [-0.05, 0) is 18.2 Å². The number of thiophene rings is 1. The number of halogens is 1. The van der Waals surface area contributed by atoms with Gasteiger partial charge in [-0.25, -0.2) is 5.43 Å². The van der Waals surface area contributed by atoms with Gasteiger partial charge in [0.1, 0.15) is 0 Å². The first-order chi connectivity index (χ1) is 12.7. The Kier molecular flexibility index (Phi) is 4.64. The molecule has 0 aliphatic heterocycles. The van der Waals surface area contributed by atoms with Crippen LogP contribution in [-0.4, -0.2) is 22.3 Å². The molecule has 0 aliphatic carbocycles. The van der Waals surface area contributed by atoms with Crippen molar-refractivity contribution in [3.63, 3.8) is 0 Å². The van der Waals surface area contributed by atoms with E-state index in [9.17, 15) is 4.79 Å². The lowest BCUT2D eigenvalue weighted by atomic mass is 10.1. The van der Waals surface area contributed by atoms with E-state index in [-0.39, 0.29) is 5.91 Å². The molecule has 0 bridgehead atoms. The number of benzene rings is 2. The summed E-state index contributed by atoms with van der Waals surface area (Å²) in [6, 6.07) is 15.7. The van der Waals surface area contributed by atoms with Gasteiger partial charge in [-0.1, -0.05) is 46.3 Å². The maximum atomic E-state index is 12.4. The van der Waals surface area contributed by atoms with E-state index in [0.29, 0.717) is 5.56 Å². The molecule has 2 aromatic heterocycles. The smallest absolute Gasteiger partial charge is 0.272 e. The van der Waals surface area contributed by atoms with Crippen LogP contribution in [0.5, 0.6) is 0 Å². The molecule has 4 aromatic rings. The highest BCUT2D eigenvalue weighted by Gasteiger charge is 2.11. The molecule has 0 aliphatic rings. The molecule has 0 fully saturated rings. The SMILES string of the molecule is O=C(NN=Cc1cn[nH]c1-c1ccc(Br)cc1)c1csc2ccccc12. The van der Waals surface area contributed by atoms with Crippen molar-refractivity contribution in [2.75, 3.05) is 0 Å². The number of hydrogen-bond acceptors (Lipinski definition) is 4. The Balaban J connectivity index is 1.52. The van der Waals surface area contributed by atoms with E-state index < -0.39 is 0 Å². The van der Waals surface area contributed by atoms with E-state index in [0.717, 1.165) is 31.4 Å². The van der Waals surface area contributed by atoms with Crippen molar-refractivity contribution < 1.29 is 4.79 Å². The zero-order chi connectivity index (χ0) is 17.9. The van der Waals surface area contributed by atoms with Gasteiger partial charge in [0.05, 0.1) is 23.7 Å². The second kappa shape index (κ2) is 7.23. The van der Waals surface area contributed by atoms with Crippen LogP contribution in [0.4, 0.5) is 0 Å². The quantitative estimate of drug-likeness (QED) is 0.364. The van der Waals surface area contributed by atoms with Gasteiger partial charge >= 0.3 is 0 Å². The van der Waals surface area contributed by atoms with Gasteiger partial charge in [0, 0.05) is 31.1 Å². The first-order valence-electron chi connectivity index (χ1n) is 7.81. The van der Waals surface area contributed by atoms with Crippen LogP contribution in [-0.2, 0) is 0 Å². The zero-order valence-corrected chi connectivity index (χ0v) is 15.8. The fourth-order valence-corrected chi connectivity index (χ4v) is 3.82. The molecule has 128 valence electrons. The molecule has 2 N–H and O–H groups in total. The molecule has 0 radical (unpaired) electrons. The Hall–Kier alpha value is -2.77. The van der Waals surface area contributed by atoms with Crippen molar-refractivity contribution >= 4 is 49.5 Å². The van der Waals surface area contributed by atoms with Crippen molar-refractivity contribution in [2.45, 2.75) is 0 Å². The van der Waals surface area contributed by atoms with Crippen LogP contribution in [0.2, 0.25) is 0 Å². The van der Waals surface area contributed by atoms with Crippen molar-refractivity contribution in [3.8, 4) is 11.3 Å². The third kappa shape index (κ3) is 3.31. The van der Waals surface area contributed by atoms with Gasteiger partial charge in [0.15, 0.2) is 0 Å². The first kappa shape index (κ1) is 16.7. The van der Waals surface area contributed by atoms with Gasteiger partial charge in [0.2, 0.25) is 0 Å². The lowest BCUT2D eigenvalue weighted by Gasteiger charge is -2.01. The zero-order valence-electron chi connectivity index (χ0n) is 13.4. The van der Waals surface area contributed by atoms with Gasteiger partial charge in [-0.3, -0.25) is 9.89 Å². The topological polar surface area (TPSA) is 70.1 Å². The highest BCUT2D eigenvalue weighted by atomic mass is 79.9. The Morgan fingerprint density at radius 1 is 1.19 bits per heavy atom. The molecule has 0 saturated carbocycles. The number of rotatable bonds is 4. The van der Waals surface area contributed by atoms with Crippen molar-refractivity contribution in [3.05, 3.63) is 75.7 Å². The fraction of sp³-hybridized carbons (Fsp3) is 0. The number of H-pyrrole nitrogens is 1. The average Bonchev–Trinajstić information content (AvgIpc) is 3.29. The molecule has 0 unspecified atom stereocenters. The summed E-state index contributed by atoms with van der Waals surface area (Å²) in [5.74, 6) is -0.229. The van der Waals surface area contributed by atoms with Crippen molar-refractivity contribution in [1.29, 1.82) is 0 Å². The number of aromatic nitrogens is 2. The van der Waals surface area contributed by atoms with Crippen LogP contribution < -0.4 is 5.43 Å². The van der Waals surface area contributed by atoms with E-state index in [1.807, 2.05) is 53.9 Å². The van der Waals surface area contributed by atoms with E-state index in [4.69, 9.17) is 0 Å². The van der Waals surface area contributed by atoms with Crippen LogP contribution >= 0.6 is 27.3 Å². The predicted molar refractivity (Wildman–Crippen MR) is 109 cm³/mol. The predicted octanol–water partition coefficient (Wildman–Crippen LogP) is 4.82. The first-order valence-corrected chi connectivity index (χ1v) is 9.48. The summed E-state index contributed by atoms with van der Waals surface area (Å²) < 4.78 is 2.08. The molecular weight excluding hydrogens is 412 g/mol. The van der Waals surface area contributed by atoms with Crippen LogP contribution in [0.15, 0.2) is 69.7 Å². The molecule has 5 nitrogen and oxygen atoms in total. The van der Waals surface area contributed by atoms with Gasteiger partial charge in [-0.15, -0.1) is 11.3 Å². The molecule has 26 heavy (non-hydrogen) atoms. The molecule has 2 aromatic carbocycles. The molecule has 1 amide bonds. The Morgan fingerprint density at radius 2 is 2.00 bits per heavy atom. The lowest BCUT2D eigenvalue weighted by molar-refractivity contribution is 0.0957. The number of carbonyl (C=O) groups excluding carboxylic acids is 1. The highest BCUT2D eigenvalue weighted by molar-refractivity contribution is 9.10. The van der Waals surface area contributed by atoms with Gasteiger partial charge in [-0.2, -0.15) is 10.2 Å². The molecule has 7 heteroatoms. The summed E-state index contributed by atoms with van der Waals surface area (Å²) in [6.45, 7) is 0. The third-order valence-electron chi connectivity index (χ3n) is 3.90. The maximum absolute atomic E-state index is 12.4.